The predicted octanol–water partition coefficient (Wildman–Crippen LogP) is 0.295. The van der Waals surface area contributed by atoms with Crippen molar-refractivity contribution in [2.75, 3.05) is 13.1 Å². The van der Waals surface area contributed by atoms with Crippen molar-refractivity contribution in [1.29, 1.82) is 0 Å². The first kappa shape index (κ1) is 17.9. The summed E-state index contributed by atoms with van der Waals surface area (Å²) in [6, 6.07) is 7.82. The summed E-state index contributed by atoms with van der Waals surface area (Å²) >= 11 is 0. The monoisotopic (exact) mass is 334 g/mol. The van der Waals surface area contributed by atoms with E-state index >= 15 is 0 Å². The van der Waals surface area contributed by atoms with Crippen LogP contribution in [0, 0.1) is 12.8 Å². The number of rotatable bonds is 6. The minimum absolute atomic E-state index is 0.0902. The highest BCUT2D eigenvalue weighted by Crippen LogP contribution is 2.20. The molecule has 0 radical (unpaired) electrons. The van der Waals surface area contributed by atoms with Gasteiger partial charge in [0.25, 0.3) is 0 Å². The van der Waals surface area contributed by atoms with E-state index in [2.05, 4.69) is 5.32 Å². The lowest BCUT2D eigenvalue weighted by atomic mass is 10.1. The average molecular weight is 334 g/mol. The van der Waals surface area contributed by atoms with Crippen molar-refractivity contribution in [2.45, 2.75) is 32.4 Å². The number of hydrogen-bond donors (Lipinski definition) is 3. The third kappa shape index (κ3) is 4.32. The number of carbonyl (C=O) groups is 3. The molecule has 130 valence electrons. The molecule has 2 amide bonds. The Labute approximate surface area is 140 Å². The summed E-state index contributed by atoms with van der Waals surface area (Å²) in [7, 11) is 0. The number of benzene rings is 1. The molecule has 1 aromatic rings. The Morgan fingerprint density at radius 1 is 1.33 bits per heavy atom. The van der Waals surface area contributed by atoms with Crippen molar-refractivity contribution in [1.82, 2.24) is 10.2 Å². The highest BCUT2D eigenvalue weighted by molar-refractivity contribution is 5.89. The van der Waals surface area contributed by atoms with E-state index in [0.717, 1.165) is 18.1 Å². The van der Waals surface area contributed by atoms with Crippen LogP contribution in [0.5, 0.6) is 0 Å². The fraction of sp³-hybridized carbons (Fsp3) is 0.471. The van der Waals surface area contributed by atoms with Gasteiger partial charge in [-0.25, -0.2) is 4.79 Å². The van der Waals surface area contributed by atoms with Crippen LogP contribution >= 0.6 is 0 Å². The summed E-state index contributed by atoms with van der Waals surface area (Å²) in [6.07, 6.45) is 0.0902. The van der Waals surface area contributed by atoms with Crippen LogP contribution in [0.2, 0.25) is 0 Å². The van der Waals surface area contributed by atoms with Crippen LogP contribution in [-0.4, -0.2) is 51.6 Å². The Kier molecular flexibility index (Phi) is 5.23. The second-order valence-electron chi connectivity index (χ2n) is 6.46. The van der Waals surface area contributed by atoms with Crippen LogP contribution in [0.4, 0.5) is 0 Å². The predicted molar refractivity (Wildman–Crippen MR) is 86.0 cm³/mol. The fourth-order valence-corrected chi connectivity index (χ4v) is 2.49. The molecule has 0 aromatic heterocycles. The van der Waals surface area contributed by atoms with E-state index in [4.69, 9.17) is 5.11 Å². The molecule has 1 saturated heterocycles. The number of aryl methyl sites for hydroxylation is 1. The average Bonchev–Trinajstić information content (AvgIpc) is 2.88. The largest absolute Gasteiger partial charge is 0.479 e. The Bertz CT molecular complexity index is 639. The van der Waals surface area contributed by atoms with Crippen molar-refractivity contribution in [3.8, 4) is 0 Å². The molecule has 1 heterocycles. The van der Waals surface area contributed by atoms with Gasteiger partial charge in [-0.15, -0.1) is 0 Å². The molecular weight excluding hydrogens is 312 g/mol. The van der Waals surface area contributed by atoms with Crippen LogP contribution in [0.3, 0.4) is 0 Å². The number of aliphatic hydroxyl groups is 1. The van der Waals surface area contributed by atoms with E-state index < -0.39 is 29.9 Å². The maximum Gasteiger partial charge on any atom is 0.337 e. The maximum absolute atomic E-state index is 12.1. The van der Waals surface area contributed by atoms with Gasteiger partial charge in [0, 0.05) is 19.5 Å². The summed E-state index contributed by atoms with van der Waals surface area (Å²) in [5, 5.41) is 20.8. The lowest BCUT2D eigenvalue weighted by molar-refractivity contribution is -0.156. The number of nitrogens with zero attached hydrogens (tertiary/aromatic N) is 1. The van der Waals surface area contributed by atoms with E-state index in [0.29, 0.717) is 6.54 Å². The topological polar surface area (TPSA) is 107 Å². The molecular formula is C17H22N2O5. The molecule has 24 heavy (non-hydrogen) atoms. The molecule has 7 nitrogen and oxygen atoms in total. The highest BCUT2D eigenvalue weighted by atomic mass is 16.4. The number of aliphatic carboxylic acids is 1. The van der Waals surface area contributed by atoms with Crippen LogP contribution in [0.1, 0.15) is 24.5 Å². The van der Waals surface area contributed by atoms with Crippen molar-refractivity contribution in [3.63, 3.8) is 0 Å². The zero-order valence-electron chi connectivity index (χ0n) is 13.8. The molecule has 1 fully saturated rings. The normalized spacial score (nSPS) is 19.9. The summed E-state index contributed by atoms with van der Waals surface area (Å²) < 4.78 is 0. The third-order valence-electron chi connectivity index (χ3n) is 4.15. The molecule has 7 heteroatoms. The lowest BCUT2D eigenvalue weighted by Crippen LogP contribution is -2.48. The van der Waals surface area contributed by atoms with Gasteiger partial charge in [0.2, 0.25) is 11.8 Å². The van der Waals surface area contributed by atoms with Gasteiger partial charge in [-0.05, 0) is 19.4 Å². The standard InChI is InChI=1S/C17H22N2O5/c1-11-3-5-12(6-4-11)8-19-9-13(7-14(19)20)15(21)18-10-17(2,24)16(22)23/h3-6,13,24H,7-10H2,1-2H3,(H,18,21)(H,22,23). The summed E-state index contributed by atoms with van der Waals surface area (Å²) in [6.45, 7) is 3.42. The smallest absolute Gasteiger partial charge is 0.337 e. The highest BCUT2D eigenvalue weighted by Gasteiger charge is 2.36. The minimum Gasteiger partial charge on any atom is -0.479 e. The Morgan fingerprint density at radius 2 is 1.96 bits per heavy atom. The summed E-state index contributed by atoms with van der Waals surface area (Å²) in [5.41, 5.74) is 0.0953. The maximum atomic E-state index is 12.1. The molecule has 2 rings (SSSR count). The minimum atomic E-state index is -2.03. The van der Waals surface area contributed by atoms with Gasteiger partial charge in [-0.1, -0.05) is 29.8 Å². The number of carboxylic acids is 1. The number of likely N-dealkylation sites (tertiary alicyclic amines) is 1. The second kappa shape index (κ2) is 7.00. The first-order valence-electron chi connectivity index (χ1n) is 7.76. The van der Waals surface area contributed by atoms with Crippen molar-refractivity contribution in [2.24, 2.45) is 5.92 Å². The molecule has 0 spiro atoms. The Balaban J connectivity index is 1.90. The first-order valence-corrected chi connectivity index (χ1v) is 7.76. The number of hydrogen-bond acceptors (Lipinski definition) is 4. The molecule has 0 aliphatic carbocycles. The van der Waals surface area contributed by atoms with E-state index in [1.54, 1.807) is 4.90 Å². The van der Waals surface area contributed by atoms with Gasteiger partial charge in [-0.2, -0.15) is 0 Å². The number of carbonyl (C=O) groups excluding carboxylic acids is 2. The SMILES string of the molecule is Cc1ccc(CN2CC(C(=O)NCC(C)(O)C(=O)O)CC2=O)cc1. The third-order valence-corrected chi connectivity index (χ3v) is 4.15. The Hall–Kier alpha value is -2.41. The second-order valence-corrected chi connectivity index (χ2v) is 6.46. The quantitative estimate of drug-likeness (QED) is 0.693. The van der Waals surface area contributed by atoms with Crippen molar-refractivity contribution < 1.29 is 24.6 Å². The van der Waals surface area contributed by atoms with Gasteiger partial charge in [-0.3, -0.25) is 9.59 Å². The summed E-state index contributed by atoms with van der Waals surface area (Å²) in [4.78, 5) is 36.6. The fourth-order valence-electron chi connectivity index (χ4n) is 2.49. The van der Waals surface area contributed by atoms with Crippen LogP contribution in [0.25, 0.3) is 0 Å². The van der Waals surface area contributed by atoms with Gasteiger partial charge >= 0.3 is 5.97 Å². The molecule has 1 aromatic carbocycles. The molecule has 3 N–H and O–H groups in total. The van der Waals surface area contributed by atoms with Gasteiger partial charge in [0.15, 0.2) is 5.60 Å². The molecule has 1 aliphatic rings. The number of amides is 2. The first-order chi connectivity index (χ1) is 11.2. The lowest BCUT2D eigenvalue weighted by Gasteiger charge is -2.20. The zero-order chi connectivity index (χ0) is 17.9. The number of carboxylic acid groups (broad SMARTS) is 1. The summed E-state index contributed by atoms with van der Waals surface area (Å²) in [5.74, 6) is -2.48. The van der Waals surface area contributed by atoms with Crippen molar-refractivity contribution in [3.05, 3.63) is 35.4 Å². The van der Waals surface area contributed by atoms with Crippen LogP contribution in [0.15, 0.2) is 24.3 Å². The molecule has 2 atom stereocenters. The van der Waals surface area contributed by atoms with Crippen molar-refractivity contribution >= 4 is 17.8 Å². The van der Waals surface area contributed by atoms with E-state index in [1.807, 2.05) is 31.2 Å². The number of nitrogens with one attached hydrogen (secondary N) is 1. The van der Waals surface area contributed by atoms with Gasteiger partial charge in [0.05, 0.1) is 12.5 Å². The molecule has 2 unspecified atom stereocenters. The zero-order valence-corrected chi connectivity index (χ0v) is 13.8. The van der Waals surface area contributed by atoms with Gasteiger partial charge < -0.3 is 20.4 Å². The van der Waals surface area contributed by atoms with E-state index in [9.17, 15) is 19.5 Å². The Morgan fingerprint density at radius 3 is 2.54 bits per heavy atom. The van der Waals surface area contributed by atoms with Crippen LogP contribution in [-0.2, 0) is 20.9 Å². The van der Waals surface area contributed by atoms with Gasteiger partial charge in [0.1, 0.15) is 0 Å². The molecule has 0 bridgehead atoms. The molecule has 0 saturated carbocycles. The van der Waals surface area contributed by atoms with E-state index in [-0.39, 0.29) is 18.9 Å². The molecule has 1 aliphatic heterocycles. The van der Waals surface area contributed by atoms with E-state index in [1.165, 1.54) is 0 Å². The van der Waals surface area contributed by atoms with Crippen LogP contribution < -0.4 is 5.32 Å².